The van der Waals surface area contributed by atoms with Crippen molar-refractivity contribution in [3.63, 3.8) is 0 Å². The van der Waals surface area contributed by atoms with Gasteiger partial charge in [0.05, 0.1) is 11.5 Å². The van der Waals surface area contributed by atoms with Crippen LogP contribution in [0.5, 0.6) is 0 Å². The van der Waals surface area contributed by atoms with Gasteiger partial charge in [-0.05, 0) is 42.5 Å². The van der Waals surface area contributed by atoms with Gasteiger partial charge in [0.1, 0.15) is 0 Å². The molecule has 0 saturated carbocycles. The largest absolute Gasteiger partial charge is 0.380 e. The van der Waals surface area contributed by atoms with Crippen molar-refractivity contribution < 1.29 is 17.9 Å². The van der Waals surface area contributed by atoms with Crippen LogP contribution in [0, 0.1) is 0 Å². The molecule has 138 valence electrons. The highest BCUT2D eigenvalue weighted by molar-refractivity contribution is 7.89. The first-order valence-electron chi connectivity index (χ1n) is 8.99. The van der Waals surface area contributed by atoms with Crippen LogP contribution in [0.15, 0.2) is 23.1 Å². The van der Waals surface area contributed by atoms with Crippen LogP contribution >= 0.6 is 0 Å². The number of carbonyl (C=O) groups is 1. The average Bonchev–Trinajstić information content (AvgIpc) is 3.11. The van der Waals surface area contributed by atoms with Crippen molar-refractivity contribution in [2.75, 3.05) is 19.8 Å². The van der Waals surface area contributed by atoms with Crippen molar-refractivity contribution >= 4 is 15.9 Å². The van der Waals surface area contributed by atoms with E-state index in [0.717, 1.165) is 24.0 Å². The maximum atomic E-state index is 12.5. The number of amides is 1. The standard InChI is InChI=1S/C18H26N2O4S/c1-2-3-4-18(21)20-9-7-14-11-17(6-5-15(14)12-20)25(22,23)19-16-8-10-24-13-16/h5-6,11,16,19H,2-4,7-10,12-13H2,1H3. The first-order chi connectivity index (χ1) is 12.0. The minimum atomic E-state index is -3.53. The SMILES string of the molecule is CCCCC(=O)N1CCc2cc(S(=O)(=O)NC3CCOC3)ccc2C1. The molecule has 1 amide bonds. The Morgan fingerprint density at radius 2 is 2.20 bits per heavy atom. The summed E-state index contributed by atoms with van der Waals surface area (Å²) in [6.07, 6.45) is 3.92. The number of nitrogens with zero attached hydrogens (tertiary/aromatic N) is 1. The van der Waals surface area contributed by atoms with Crippen molar-refractivity contribution in [1.29, 1.82) is 0 Å². The third-order valence-electron chi connectivity index (χ3n) is 4.85. The summed E-state index contributed by atoms with van der Waals surface area (Å²) >= 11 is 0. The van der Waals surface area contributed by atoms with E-state index in [-0.39, 0.29) is 11.9 Å². The summed E-state index contributed by atoms with van der Waals surface area (Å²) < 4.78 is 33.0. The number of fused-ring (bicyclic) bond motifs is 1. The fourth-order valence-electron chi connectivity index (χ4n) is 3.31. The van der Waals surface area contributed by atoms with Crippen LogP contribution in [0.1, 0.15) is 43.7 Å². The number of hydrogen-bond donors (Lipinski definition) is 1. The van der Waals surface area contributed by atoms with Crippen molar-refractivity contribution in [3.8, 4) is 0 Å². The Morgan fingerprint density at radius 1 is 1.36 bits per heavy atom. The van der Waals surface area contributed by atoms with Crippen molar-refractivity contribution in [3.05, 3.63) is 29.3 Å². The molecule has 1 atom stereocenters. The van der Waals surface area contributed by atoms with E-state index >= 15 is 0 Å². The molecule has 0 bridgehead atoms. The molecule has 2 heterocycles. The molecule has 0 spiro atoms. The number of sulfonamides is 1. The van der Waals surface area contributed by atoms with Gasteiger partial charge < -0.3 is 9.64 Å². The Labute approximate surface area is 149 Å². The lowest BCUT2D eigenvalue weighted by Crippen LogP contribution is -2.37. The molecule has 0 radical (unpaired) electrons. The molecule has 6 nitrogen and oxygen atoms in total. The van der Waals surface area contributed by atoms with Gasteiger partial charge in [-0.3, -0.25) is 4.79 Å². The summed E-state index contributed by atoms with van der Waals surface area (Å²) in [6.45, 7) is 4.33. The van der Waals surface area contributed by atoms with Crippen molar-refractivity contribution in [2.45, 2.75) is 56.5 Å². The second-order valence-electron chi connectivity index (χ2n) is 6.78. The highest BCUT2D eigenvalue weighted by Gasteiger charge is 2.26. The molecule has 0 aliphatic carbocycles. The van der Waals surface area contributed by atoms with Crippen LogP contribution in [-0.4, -0.2) is 45.0 Å². The summed E-state index contributed by atoms with van der Waals surface area (Å²) in [6, 6.07) is 5.08. The van der Waals surface area contributed by atoms with Gasteiger partial charge in [-0.25, -0.2) is 13.1 Å². The lowest BCUT2D eigenvalue weighted by Gasteiger charge is -2.29. The Balaban J connectivity index is 1.70. The number of carbonyl (C=O) groups excluding carboxylic acids is 1. The van der Waals surface area contributed by atoms with E-state index in [0.29, 0.717) is 50.5 Å². The molecule has 1 aromatic rings. The second kappa shape index (κ2) is 7.85. The molecule has 1 aromatic carbocycles. The van der Waals surface area contributed by atoms with E-state index in [1.165, 1.54) is 0 Å². The molecule has 1 fully saturated rings. The van der Waals surface area contributed by atoms with Gasteiger partial charge >= 0.3 is 0 Å². The maximum absolute atomic E-state index is 12.5. The van der Waals surface area contributed by atoms with Crippen LogP contribution in [0.25, 0.3) is 0 Å². The lowest BCUT2D eigenvalue weighted by molar-refractivity contribution is -0.132. The van der Waals surface area contributed by atoms with Crippen LogP contribution in [0.3, 0.4) is 0 Å². The Bertz CT molecular complexity index is 727. The fourth-order valence-corrected chi connectivity index (χ4v) is 4.62. The van der Waals surface area contributed by atoms with E-state index in [4.69, 9.17) is 4.74 Å². The monoisotopic (exact) mass is 366 g/mol. The smallest absolute Gasteiger partial charge is 0.240 e. The number of unbranched alkanes of at least 4 members (excludes halogenated alkanes) is 1. The van der Waals surface area contributed by atoms with Gasteiger partial charge in [-0.1, -0.05) is 19.4 Å². The maximum Gasteiger partial charge on any atom is 0.240 e. The van der Waals surface area contributed by atoms with E-state index in [1.807, 2.05) is 11.0 Å². The third-order valence-corrected chi connectivity index (χ3v) is 6.37. The van der Waals surface area contributed by atoms with Crippen molar-refractivity contribution in [2.24, 2.45) is 0 Å². The molecule has 0 aromatic heterocycles. The van der Waals surface area contributed by atoms with Gasteiger partial charge in [0.2, 0.25) is 15.9 Å². The van der Waals surface area contributed by atoms with E-state index in [9.17, 15) is 13.2 Å². The van der Waals surface area contributed by atoms with Gasteiger partial charge in [0, 0.05) is 32.2 Å². The van der Waals surface area contributed by atoms with Crippen LogP contribution in [0.2, 0.25) is 0 Å². The zero-order chi connectivity index (χ0) is 17.9. The fraction of sp³-hybridized carbons (Fsp3) is 0.611. The van der Waals surface area contributed by atoms with Crippen LogP contribution in [0.4, 0.5) is 0 Å². The van der Waals surface area contributed by atoms with Crippen LogP contribution in [-0.2, 0) is 32.5 Å². The topological polar surface area (TPSA) is 75.7 Å². The predicted molar refractivity (Wildman–Crippen MR) is 94.6 cm³/mol. The molecule has 1 unspecified atom stereocenters. The first-order valence-corrected chi connectivity index (χ1v) is 10.5. The van der Waals surface area contributed by atoms with Gasteiger partial charge in [0.15, 0.2) is 0 Å². The van der Waals surface area contributed by atoms with E-state index in [2.05, 4.69) is 11.6 Å². The van der Waals surface area contributed by atoms with Crippen molar-refractivity contribution in [1.82, 2.24) is 9.62 Å². The minimum absolute atomic E-state index is 0.146. The number of rotatable bonds is 6. The number of nitrogens with one attached hydrogen (secondary N) is 1. The molecule has 2 aliphatic heterocycles. The molecule has 1 N–H and O–H groups in total. The zero-order valence-corrected chi connectivity index (χ0v) is 15.5. The summed E-state index contributed by atoms with van der Waals surface area (Å²) in [5.74, 6) is 0.187. The van der Waals surface area contributed by atoms with E-state index in [1.54, 1.807) is 12.1 Å². The molecular formula is C18H26N2O4S. The predicted octanol–water partition coefficient (Wildman–Crippen LogP) is 1.83. The lowest BCUT2D eigenvalue weighted by atomic mass is 9.99. The molecule has 1 saturated heterocycles. The quantitative estimate of drug-likeness (QED) is 0.833. The van der Waals surface area contributed by atoms with Gasteiger partial charge in [0.25, 0.3) is 0 Å². The number of benzene rings is 1. The number of ether oxygens (including phenoxy) is 1. The van der Waals surface area contributed by atoms with E-state index < -0.39 is 10.0 Å². The Hall–Kier alpha value is -1.44. The third kappa shape index (κ3) is 4.40. The summed E-state index contributed by atoms with van der Waals surface area (Å²) in [4.78, 5) is 14.4. The molecule has 7 heteroatoms. The summed E-state index contributed by atoms with van der Waals surface area (Å²) in [7, 11) is -3.53. The zero-order valence-electron chi connectivity index (χ0n) is 14.7. The molecule has 3 rings (SSSR count). The number of hydrogen-bond acceptors (Lipinski definition) is 4. The first kappa shape index (κ1) is 18.4. The molecule has 25 heavy (non-hydrogen) atoms. The summed E-state index contributed by atoms with van der Waals surface area (Å²) in [5, 5.41) is 0. The van der Waals surface area contributed by atoms with Gasteiger partial charge in [-0.2, -0.15) is 0 Å². The average molecular weight is 366 g/mol. The molecular weight excluding hydrogens is 340 g/mol. The second-order valence-corrected chi connectivity index (χ2v) is 8.50. The Kier molecular flexibility index (Phi) is 5.76. The molecule has 2 aliphatic rings. The van der Waals surface area contributed by atoms with Crippen LogP contribution < -0.4 is 4.72 Å². The summed E-state index contributed by atoms with van der Waals surface area (Å²) in [5.41, 5.74) is 2.06. The highest BCUT2D eigenvalue weighted by atomic mass is 32.2. The Morgan fingerprint density at radius 3 is 2.92 bits per heavy atom. The normalized spacial score (nSPS) is 20.5. The minimum Gasteiger partial charge on any atom is -0.380 e. The van der Waals surface area contributed by atoms with Gasteiger partial charge in [-0.15, -0.1) is 0 Å². The highest BCUT2D eigenvalue weighted by Crippen LogP contribution is 2.23.